The Morgan fingerprint density at radius 2 is 1.87 bits per heavy atom. The fraction of sp³-hybridized carbons (Fsp3) is 0.167. The van der Waals surface area contributed by atoms with E-state index in [1.54, 1.807) is 12.1 Å². The number of amides is 2. The Balaban J connectivity index is 1.81. The predicted octanol–water partition coefficient (Wildman–Crippen LogP) is 3.12. The summed E-state index contributed by atoms with van der Waals surface area (Å²) in [6.07, 6.45) is 0.620. The third-order valence-electron chi connectivity index (χ3n) is 3.57. The Hall–Kier alpha value is -2.95. The second-order valence-electron chi connectivity index (χ2n) is 5.41. The molecule has 0 aromatic heterocycles. The number of carbonyl (C=O) groups is 2. The molecule has 0 fully saturated rings. The van der Waals surface area contributed by atoms with E-state index in [1.807, 2.05) is 49.4 Å². The third kappa shape index (κ3) is 3.45. The predicted molar refractivity (Wildman–Crippen MR) is 90.4 cm³/mol. The van der Waals surface area contributed by atoms with E-state index >= 15 is 0 Å². The van der Waals surface area contributed by atoms with Crippen molar-refractivity contribution in [3.63, 3.8) is 0 Å². The minimum atomic E-state index is -0.274. The Bertz CT molecular complexity index is 769. The number of nitrogens with zero attached hydrogens (tertiary/aromatic N) is 2. The van der Waals surface area contributed by atoms with Gasteiger partial charge in [-0.05, 0) is 36.8 Å². The SMILES string of the molecule is Cc1cccc(NC(=O)C2=NN(c3ccccc3)C(=O)CC2)c1. The summed E-state index contributed by atoms with van der Waals surface area (Å²) in [4.78, 5) is 24.4. The molecule has 23 heavy (non-hydrogen) atoms. The second kappa shape index (κ2) is 6.44. The summed E-state index contributed by atoms with van der Waals surface area (Å²) in [5.74, 6) is -0.382. The Morgan fingerprint density at radius 3 is 2.61 bits per heavy atom. The molecule has 0 saturated carbocycles. The lowest BCUT2D eigenvalue weighted by Crippen LogP contribution is -2.36. The van der Waals surface area contributed by atoms with Gasteiger partial charge in [0.05, 0.1) is 5.69 Å². The van der Waals surface area contributed by atoms with E-state index in [9.17, 15) is 9.59 Å². The number of hydrazone groups is 1. The van der Waals surface area contributed by atoms with Crippen LogP contribution in [-0.2, 0) is 9.59 Å². The largest absolute Gasteiger partial charge is 0.321 e. The standard InChI is InChI=1S/C18H17N3O2/c1-13-6-5-7-14(12-13)19-18(23)16-10-11-17(22)21(20-16)15-8-3-2-4-9-15/h2-9,12H,10-11H2,1H3,(H,19,23). The van der Waals surface area contributed by atoms with Crippen molar-refractivity contribution in [2.24, 2.45) is 5.10 Å². The summed E-state index contributed by atoms with van der Waals surface area (Å²) >= 11 is 0. The van der Waals surface area contributed by atoms with Crippen LogP contribution >= 0.6 is 0 Å². The summed E-state index contributed by atoms with van der Waals surface area (Å²) in [6.45, 7) is 1.96. The average molecular weight is 307 g/mol. The summed E-state index contributed by atoms with van der Waals surface area (Å²) in [6, 6.07) is 16.7. The molecule has 3 rings (SSSR count). The zero-order chi connectivity index (χ0) is 16.2. The molecular weight excluding hydrogens is 290 g/mol. The van der Waals surface area contributed by atoms with Crippen molar-refractivity contribution < 1.29 is 9.59 Å². The Morgan fingerprint density at radius 1 is 1.09 bits per heavy atom. The van der Waals surface area contributed by atoms with Crippen molar-refractivity contribution in [1.29, 1.82) is 0 Å². The van der Waals surface area contributed by atoms with Crippen molar-refractivity contribution in [3.8, 4) is 0 Å². The first kappa shape index (κ1) is 15.0. The van der Waals surface area contributed by atoms with Crippen LogP contribution in [0, 0.1) is 6.92 Å². The smallest absolute Gasteiger partial charge is 0.271 e. The van der Waals surface area contributed by atoms with Crippen LogP contribution in [0.4, 0.5) is 11.4 Å². The molecule has 0 aliphatic carbocycles. The molecule has 0 atom stereocenters. The Labute approximate surface area is 134 Å². The van der Waals surface area contributed by atoms with E-state index in [-0.39, 0.29) is 18.2 Å². The van der Waals surface area contributed by atoms with Crippen LogP contribution in [0.5, 0.6) is 0 Å². The molecule has 116 valence electrons. The molecule has 1 aliphatic heterocycles. The quantitative estimate of drug-likeness (QED) is 0.947. The van der Waals surface area contributed by atoms with Crippen LogP contribution in [0.1, 0.15) is 18.4 Å². The van der Waals surface area contributed by atoms with Gasteiger partial charge in [0.1, 0.15) is 5.71 Å². The van der Waals surface area contributed by atoms with Gasteiger partial charge in [-0.25, -0.2) is 5.01 Å². The number of hydrogen-bond acceptors (Lipinski definition) is 3. The molecule has 0 spiro atoms. The topological polar surface area (TPSA) is 61.8 Å². The maximum Gasteiger partial charge on any atom is 0.271 e. The van der Waals surface area contributed by atoms with E-state index in [0.717, 1.165) is 11.3 Å². The van der Waals surface area contributed by atoms with E-state index in [4.69, 9.17) is 0 Å². The van der Waals surface area contributed by atoms with Crippen LogP contribution in [0.2, 0.25) is 0 Å². The number of nitrogens with one attached hydrogen (secondary N) is 1. The summed E-state index contributed by atoms with van der Waals surface area (Å²) in [5, 5.41) is 8.37. The van der Waals surface area contributed by atoms with E-state index < -0.39 is 0 Å². The van der Waals surface area contributed by atoms with Gasteiger partial charge in [0.2, 0.25) is 5.91 Å². The second-order valence-corrected chi connectivity index (χ2v) is 5.41. The van der Waals surface area contributed by atoms with Crippen LogP contribution in [0.15, 0.2) is 59.7 Å². The molecule has 0 bridgehead atoms. The first-order chi connectivity index (χ1) is 11.1. The third-order valence-corrected chi connectivity index (χ3v) is 3.57. The van der Waals surface area contributed by atoms with Gasteiger partial charge in [0.15, 0.2) is 0 Å². The molecule has 1 heterocycles. The normalized spacial score (nSPS) is 14.4. The van der Waals surface area contributed by atoms with Gasteiger partial charge >= 0.3 is 0 Å². The number of para-hydroxylation sites is 1. The van der Waals surface area contributed by atoms with Crippen LogP contribution in [0.3, 0.4) is 0 Å². The van der Waals surface area contributed by atoms with Gasteiger partial charge in [-0.1, -0.05) is 30.3 Å². The van der Waals surface area contributed by atoms with Gasteiger partial charge < -0.3 is 5.32 Å². The van der Waals surface area contributed by atoms with Crippen LogP contribution < -0.4 is 10.3 Å². The maximum absolute atomic E-state index is 12.4. The zero-order valence-corrected chi connectivity index (χ0v) is 12.8. The van der Waals surface area contributed by atoms with Gasteiger partial charge in [-0.3, -0.25) is 9.59 Å². The highest BCUT2D eigenvalue weighted by atomic mass is 16.2. The number of aryl methyl sites for hydroxylation is 1. The monoisotopic (exact) mass is 307 g/mol. The molecule has 0 radical (unpaired) electrons. The lowest BCUT2D eigenvalue weighted by atomic mass is 10.1. The first-order valence-corrected chi connectivity index (χ1v) is 7.47. The molecular formula is C18H17N3O2. The number of anilines is 2. The number of carbonyl (C=O) groups excluding carboxylic acids is 2. The Kier molecular flexibility index (Phi) is 4.19. The number of hydrogen-bond donors (Lipinski definition) is 1. The average Bonchev–Trinajstić information content (AvgIpc) is 2.56. The van der Waals surface area contributed by atoms with Gasteiger partial charge in [0.25, 0.3) is 5.91 Å². The molecule has 0 unspecified atom stereocenters. The molecule has 1 aliphatic rings. The lowest BCUT2D eigenvalue weighted by molar-refractivity contribution is -0.118. The van der Waals surface area contributed by atoms with Crippen LogP contribution in [0.25, 0.3) is 0 Å². The molecule has 0 saturated heterocycles. The summed E-state index contributed by atoms with van der Waals surface area (Å²) in [5.41, 5.74) is 2.81. The number of benzene rings is 2. The molecule has 5 heteroatoms. The molecule has 2 amide bonds. The fourth-order valence-corrected chi connectivity index (χ4v) is 2.41. The molecule has 2 aromatic carbocycles. The maximum atomic E-state index is 12.4. The van der Waals surface area contributed by atoms with E-state index in [1.165, 1.54) is 5.01 Å². The fourth-order valence-electron chi connectivity index (χ4n) is 2.41. The lowest BCUT2D eigenvalue weighted by Gasteiger charge is -2.23. The highest BCUT2D eigenvalue weighted by Crippen LogP contribution is 2.20. The van der Waals surface area contributed by atoms with Crippen molar-refractivity contribution in [1.82, 2.24) is 0 Å². The molecule has 1 N–H and O–H groups in total. The molecule has 2 aromatic rings. The minimum absolute atomic E-state index is 0.108. The van der Waals surface area contributed by atoms with Crippen molar-refractivity contribution in [2.45, 2.75) is 19.8 Å². The summed E-state index contributed by atoms with van der Waals surface area (Å²) < 4.78 is 0. The van der Waals surface area contributed by atoms with Gasteiger partial charge in [-0.15, -0.1) is 0 Å². The minimum Gasteiger partial charge on any atom is -0.321 e. The van der Waals surface area contributed by atoms with Gasteiger partial charge in [-0.2, -0.15) is 5.10 Å². The molecule has 5 nitrogen and oxygen atoms in total. The van der Waals surface area contributed by atoms with Crippen LogP contribution in [-0.4, -0.2) is 17.5 Å². The number of rotatable bonds is 3. The summed E-state index contributed by atoms with van der Waals surface area (Å²) in [7, 11) is 0. The van der Waals surface area contributed by atoms with Crippen molar-refractivity contribution in [2.75, 3.05) is 10.3 Å². The highest BCUT2D eigenvalue weighted by Gasteiger charge is 2.25. The van der Waals surface area contributed by atoms with E-state index in [0.29, 0.717) is 17.8 Å². The van der Waals surface area contributed by atoms with Crippen molar-refractivity contribution in [3.05, 3.63) is 60.2 Å². The zero-order valence-electron chi connectivity index (χ0n) is 12.8. The highest BCUT2D eigenvalue weighted by molar-refractivity contribution is 6.44. The van der Waals surface area contributed by atoms with Crippen molar-refractivity contribution >= 4 is 28.9 Å². The first-order valence-electron chi connectivity index (χ1n) is 7.47. The van der Waals surface area contributed by atoms with Gasteiger partial charge in [0, 0.05) is 18.5 Å². The van der Waals surface area contributed by atoms with E-state index in [2.05, 4.69) is 10.4 Å².